The molecule has 1 aliphatic heterocycles. The van der Waals surface area contributed by atoms with E-state index >= 15 is 0 Å². The van der Waals surface area contributed by atoms with Crippen molar-refractivity contribution in [2.24, 2.45) is 5.92 Å². The molecule has 3 amide bonds. The summed E-state index contributed by atoms with van der Waals surface area (Å²) >= 11 is 0. The highest BCUT2D eigenvalue weighted by atomic mass is 16.2. The minimum atomic E-state index is -0.291. The Kier molecular flexibility index (Phi) is 2.63. The highest BCUT2D eigenvalue weighted by molar-refractivity contribution is 5.99. The van der Waals surface area contributed by atoms with Crippen LogP contribution in [0.15, 0.2) is 42.5 Å². The summed E-state index contributed by atoms with van der Waals surface area (Å²) in [4.78, 5) is 25.2. The standard InChI is InChI=1S/C14H14N2O2/c17-13-11-6-7-12(8-11)16(13)14(18)15-9-10-4-2-1-3-5-10/h1-7,11-12H,8-9H2,(H,15,18). The molecular formula is C14H14N2O2. The summed E-state index contributed by atoms with van der Waals surface area (Å²) in [5.41, 5.74) is 1.03. The molecule has 4 heteroatoms. The van der Waals surface area contributed by atoms with E-state index in [0.29, 0.717) is 6.54 Å². The molecule has 2 bridgehead atoms. The second kappa shape index (κ2) is 4.29. The SMILES string of the molecule is O=C(NCc1ccccc1)N1C(=O)C2C=CC1C2. The molecule has 0 radical (unpaired) electrons. The number of likely N-dealkylation sites (tertiary alicyclic amines) is 1. The van der Waals surface area contributed by atoms with E-state index in [9.17, 15) is 9.59 Å². The molecular weight excluding hydrogens is 228 g/mol. The zero-order valence-corrected chi connectivity index (χ0v) is 9.87. The maximum Gasteiger partial charge on any atom is 0.324 e. The minimum absolute atomic E-state index is 0.0433. The zero-order valence-electron chi connectivity index (χ0n) is 9.87. The van der Waals surface area contributed by atoms with Crippen molar-refractivity contribution in [3.8, 4) is 0 Å². The minimum Gasteiger partial charge on any atom is -0.334 e. The summed E-state index contributed by atoms with van der Waals surface area (Å²) in [6.45, 7) is 0.449. The molecule has 2 atom stereocenters. The lowest BCUT2D eigenvalue weighted by molar-refractivity contribution is -0.128. The molecule has 1 heterocycles. The van der Waals surface area contributed by atoms with Crippen LogP contribution < -0.4 is 5.32 Å². The molecule has 1 aliphatic carbocycles. The molecule has 1 aromatic carbocycles. The Morgan fingerprint density at radius 3 is 2.72 bits per heavy atom. The van der Waals surface area contributed by atoms with Crippen molar-refractivity contribution >= 4 is 11.9 Å². The molecule has 1 aromatic rings. The summed E-state index contributed by atoms with van der Waals surface area (Å²) in [5, 5.41) is 2.79. The second-order valence-electron chi connectivity index (χ2n) is 4.65. The number of hydrogen-bond donors (Lipinski definition) is 1. The van der Waals surface area contributed by atoms with Gasteiger partial charge in [-0.25, -0.2) is 4.79 Å². The number of rotatable bonds is 2. The fourth-order valence-electron chi connectivity index (χ4n) is 2.51. The van der Waals surface area contributed by atoms with Crippen molar-refractivity contribution in [1.82, 2.24) is 10.2 Å². The first-order chi connectivity index (χ1) is 8.75. The number of carbonyl (C=O) groups is 2. The van der Waals surface area contributed by atoms with E-state index in [2.05, 4.69) is 5.32 Å². The number of imide groups is 1. The van der Waals surface area contributed by atoms with Gasteiger partial charge in [-0.05, 0) is 12.0 Å². The predicted molar refractivity (Wildman–Crippen MR) is 66.6 cm³/mol. The molecule has 18 heavy (non-hydrogen) atoms. The van der Waals surface area contributed by atoms with Crippen molar-refractivity contribution < 1.29 is 9.59 Å². The lowest BCUT2D eigenvalue weighted by atomic mass is 10.1. The van der Waals surface area contributed by atoms with Crippen molar-refractivity contribution in [2.45, 2.75) is 19.0 Å². The first kappa shape index (κ1) is 11.0. The summed E-state index contributed by atoms with van der Waals surface area (Å²) in [7, 11) is 0. The Bertz CT molecular complexity index is 510. The van der Waals surface area contributed by atoms with Crippen LogP contribution in [-0.2, 0) is 11.3 Å². The molecule has 2 aliphatic rings. The van der Waals surface area contributed by atoms with Crippen molar-refractivity contribution in [2.75, 3.05) is 0 Å². The van der Waals surface area contributed by atoms with Crippen LogP contribution >= 0.6 is 0 Å². The van der Waals surface area contributed by atoms with Crippen LogP contribution in [0.4, 0.5) is 4.79 Å². The number of hydrogen-bond acceptors (Lipinski definition) is 2. The summed E-state index contributed by atoms with van der Waals surface area (Å²) in [5.74, 6) is -0.162. The van der Waals surface area contributed by atoms with Gasteiger partial charge in [0.1, 0.15) is 0 Å². The van der Waals surface area contributed by atoms with E-state index in [1.54, 1.807) is 0 Å². The van der Waals surface area contributed by atoms with E-state index in [0.717, 1.165) is 12.0 Å². The van der Waals surface area contributed by atoms with Crippen molar-refractivity contribution in [1.29, 1.82) is 0 Å². The van der Waals surface area contributed by atoms with Crippen LogP contribution in [0.25, 0.3) is 0 Å². The zero-order chi connectivity index (χ0) is 12.5. The predicted octanol–water partition coefficient (Wildman–Crippen LogP) is 1.68. The van der Waals surface area contributed by atoms with Gasteiger partial charge < -0.3 is 5.32 Å². The Morgan fingerprint density at radius 1 is 1.28 bits per heavy atom. The van der Waals surface area contributed by atoms with E-state index < -0.39 is 0 Å². The van der Waals surface area contributed by atoms with Crippen molar-refractivity contribution in [3.63, 3.8) is 0 Å². The first-order valence-electron chi connectivity index (χ1n) is 6.09. The van der Waals surface area contributed by atoms with E-state index in [1.807, 2.05) is 42.5 Å². The van der Waals surface area contributed by atoms with Crippen LogP contribution in [0, 0.1) is 5.92 Å². The number of urea groups is 1. The number of nitrogens with zero attached hydrogens (tertiary/aromatic N) is 1. The van der Waals surface area contributed by atoms with E-state index in [1.165, 1.54) is 4.90 Å². The second-order valence-corrected chi connectivity index (χ2v) is 4.65. The summed E-state index contributed by atoms with van der Waals surface area (Å²) < 4.78 is 0. The summed E-state index contributed by atoms with van der Waals surface area (Å²) in [6, 6.07) is 9.33. The summed E-state index contributed by atoms with van der Waals surface area (Å²) in [6.07, 6.45) is 4.58. The van der Waals surface area contributed by atoms with Gasteiger partial charge in [-0.1, -0.05) is 42.5 Å². The fourth-order valence-corrected chi connectivity index (χ4v) is 2.51. The van der Waals surface area contributed by atoms with Gasteiger partial charge in [0.05, 0.1) is 12.0 Å². The number of fused-ring (bicyclic) bond motifs is 2. The molecule has 4 nitrogen and oxygen atoms in total. The Morgan fingerprint density at radius 2 is 2.06 bits per heavy atom. The Hall–Kier alpha value is -2.10. The van der Waals surface area contributed by atoms with Gasteiger partial charge in [0.2, 0.25) is 5.91 Å². The molecule has 3 rings (SSSR count). The smallest absolute Gasteiger partial charge is 0.324 e. The molecule has 2 unspecified atom stereocenters. The third kappa shape index (κ3) is 1.79. The number of benzene rings is 1. The molecule has 0 aromatic heterocycles. The van der Waals surface area contributed by atoms with Gasteiger partial charge in [-0.15, -0.1) is 0 Å². The Balaban J connectivity index is 1.63. The lowest BCUT2D eigenvalue weighted by Gasteiger charge is -2.22. The third-order valence-corrected chi connectivity index (χ3v) is 3.45. The number of amides is 3. The molecule has 1 N–H and O–H groups in total. The molecule has 1 saturated heterocycles. The average molecular weight is 242 g/mol. The molecule has 0 spiro atoms. The van der Waals surface area contributed by atoms with Gasteiger partial charge >= 0.3 is 6.03 Å². The van der Waals surface area contributed by atoms with Crippen molar-refractivity contribution in [3.05, 3.63) is 48.0 Å². The van der Waals surface area contributed by atoms with Gasteiger partial charge in [0, 0.05) is 6.54 Å². The maximum atomic E-state index is 12.0. The van der Waals surface area contributed by atoms with Gasteiger partial charge in [-0.3, -0.25) is 9.69 Å². The lowest BCUT2D eigenvalue weighted by Crippen LogP contribution is -2.45. The molecule has 0 saturated carbocycles. The van der Waals surface area contributed by atoms with E-state index in [-0.39, 0.29) is 23.9 Å². The number of carbonyl (C=O) groups excluding carboxylic acids is 2. The normalized spacial score (nSPS) is 24.7. The fraction of sp³-hybridized carbons (Fsp3) is 0.286. The average Bonchev–Trinajstić information content (AvgIpc) is 2.98. The van der Waals surface area contributed by atoms with Crippen LogP contribution in [0.1, 0.15) is 12.0 Å². The number of nitrogens with one attached hydrogen (secondary N) is 1. The third-order valence-electron chi connectivity index (χ3n) is 3.45. The maximum absolute atomic E-state index is 12.0. The Labute approximate surface area is 105 Å². The van der Waals surface area contributed by atoms with Crippen LogP contribution in [-0.4, -0.2) is 22.9 Å². The van der Waals surface area contributed by atoms with Crippen LogP contribution in [0.2, 0.25) is 0 Å². The van der Waals surface area contributed by atoms with Gasteiger partial charge in [-0.2, -0.15) is 0 Å². The highest BCUT2D eigenvalue weighted by Crippen LogP contribution is 2.32. The highest BCUT2D eigenvalue weighted by Gasteiger charge is 2.44. The van der Waals surface area contributed by atoms with E-state index in [4.69, 9.17) is 0 Å². The van der Waals surface area contributed by atoms with Crippen LogP contribution in [0.5, 0.6) is 0 Å². The molecule has 92 valence electrons. The topological polar surface area (TPSA) is 49.4 Å². The largest absolute Gasteiger partial charge is 0.334 e. The first-order valence-corrected chi connectivity index (χ1v) is 6.09. The monoisotopic (exact) mass is 242 g/mol. The quantitative estimate of drug-likeness (QED) is 0.802. The van der Waals surface area contributed by atoms with Gasteiger partial charge in [0.15, 0.2) is 0 Å². The molecule has 1 fully saturated rings. The van der Waals surface area contributed by atoms with Gasteiger partial charge in [0.25, 0.3) is 0 Å². The van der Waals surface area contributed by atoms with Crippen LogP contribution in [0.3, 0.4) is 0 Å².